The Morgan fingerprint density at radius 1 is 1.15 bits per heavy atom. The van der Waals surface area contributed by atoms with Gasteiger partial charge in [0.15, 0.2) is 0 Å². The van der Waals surface area contributed by atoms with Gasteiger partial charge in [-0.1, -0.05) is 19.1 Å². The van der Waals surface area contributed by atoms with Crippen LogP contribution in [0.4, 0.5) is 0 Å². The van der Waals surface area contributed by atoms with Crippen LogP contribution in [0.1, 0.15) is 60.8 Å². The summed E-state index contributed by atoms with van der Waals surface area (Å²) in [5.41, 5.74) is 5.80. The van der Waals surface area contributed by atoms with Crippen molar-refractivity contribution in [3.8, 4) is 0 Å². The summed E-state index contributed by atoms with van der Waals surface area (Å²) < 4.78 is 0. The van der Waals surface area contributed by atoms with Gasteiger partial charge in [-0.15, -0.1) is 0 Å². The minimum atomic E-state index is -0.140. The summed E-state index contributed by atoms with van der Waals surface area (Å²) in [6.07, 6.45) is 6.37. The number of hydrogen-bond donors (Lipinski definition) is 1. The van der Waals surface area contributed by atoms with E-state index in [0.717, 1.165) is 32.1 Å². The van der Waals surface area contributed by atoms with Gasteiger partial charge in [-0.3, -0.25) is 4.79 Å². The third-order valence-corrected chi connectivity index (χ3v) is 6.18. The van der Waals surface area contributed by atoms with Crippen molar-refractivity contribution in [1.82, 2.24) is 0 Å². The predicted molar refractivity (Wildman–Crippen MR) is 77.9 cm³/mol. The van der Waals surface area contributed by atoms with E-state index in [2.05, 4.69) is 19.1 Å². The Morgan fingerprint density at radius 2 is 2.00 bits per heavy atom. The number of ketones is 1. The van der Waals surface area contributed by atoms with E-state index in [0.29, 0.717) is 24.5 Å². The lowest BCUT2D eigenvalue weighted by molar-refractivity contribution is -0.118. The molecule has 1 saturated carbocycles. The average molecular weight is 270 g/mol. The van der Waals surface area contributed by atoms with Gasteiger partial charge in [-0.2, -0.15) is 0 Å². The molecular formula is C18H22O2. The zero-order valence-electron chi connectivity index (χ0n) is 12.1. The zero-order chi connectivity index (χ0) is 13.9. The number of aliphatic hydroxyl groups excluding tert-OH is 1. The highest BCUT2D eigenvalue weighted by Gasteiger charge is 2.49. The molecule has 0 heterocycles. The van der Waals surface area contributed by atoms with Gasteiger partial charge < -0.3 is 5.11 Å². The summed E-state index contributed by atoms with van der Waals surface area (Å²) in [6, 6.07) is 4.44. The van der Waals surface area contributed by atoms with Crippen LogP contribution in [0.2, 0.25) is 0 Å². The summed E-state index contributed by atoms with van der Waals surface area (Å²) in [5.74, 6) is 0.901. The number of benzene rings is 1. The largest absolute Gasteiger partial charge is 0.393 e. The molecule has 4 rings (SSSR count). The van der Waals surface area contributed by atoms with Gasteiger partial charge >= 0.3 is 0 Å². The van der Waals surface area contributed by atoms with E-state index in [1.807, 2.05) is 0 Å². The van der Waals surface area contributed by atoms with Crippen molar-refractivity contribution in [2.24, 2.45) is 5.41 Å². The summed E-state index contributed by atoms with van der Waals surface area (Å²) in [6.45, 7) is 2.27. The van der Waals surface area contributed by atoms with Crippen molar-refractivity contribution >= 4 is 5.78 Å². The summed E-state index contributed by atoms with van der Waals surface area (Å²) in [5, 5.41) is 10.3. The highest BCUT2D eigenvalue weighted by Crippen LogP contribution is 2.56. The molecule has 1 aromatic rings. The smallest absolute Gasteiger partial charge is 0.137 e. The Labute approximate surface area is 120 Å². The van der Waals surface area contributed by atoms with Crippen LogP contribution in [0, 0.1) is 5.41 Å². The second-order valence-electron chi connectivity index (χ2n) is 7.14. The first-order valence-corrected chi connectivity index (χ1v) is 7.93. The lowest BCUT2D eigenvalue weighted by Crippen LogP contribution is -2.36. The fourth-order valence-electron chi connectivity index (χ4n) is 4.89. The maximum atomic E-state index is 11.6. The van der Waals surface area contributed by atoms with Crippen LogP contribution < -0.4 is 0 Å². The number of aliphatic hydroxyl groups is 1. The van der Waals surface area contributed by atoms with Crippen molar-refractivity contribution in [1.29, 1.82) is 0 Å². The maximum Gasteiger partial charge on any atom is 0.137 e. The first-order chi connectivity index (χ1) is 9.59. The lowest BCUT2D eigenvalue weighted by atomic mass is 9.64. The van der Waals surface area contributed by atoms with Crippen LogP contribution in [-0.4, -0.2) is 17.0 Å². The Morgan fingerprint density at radius 3 is 2.85 bits per heavy atom. The van der Waals surface area contributed by atoms with Crippen LogP contribution in [0.15, 0.2) is 12.1 Å². The SMILES string of the molecule is CC12CCc3c(ccc4c3CCC(=O)C4)C1CC[C@@H]2O. The molecule has 1 fully saturated rings. The molecule has 1 N–H and O–H groups in total. The van der Waals surface area contributed by atoms with Gasteiger partial charge in [0.05, 0.1) is 6.10 Å². The molecule has 0 spiro atoms. The zero-order valence-corrected chi connectivity index (χ0v) is 12.1. The number of carbonyl (C=O) groups excluding carboxylic acids is 1. The van der Waals surface area contributed by atoms with Crippen molar-refractivity contribution in [2.75, 3.05) is 0 Å². The Bertz CT molecular complexity index is 589. The summed E-state index contributed by atoms with van der Waals surface area (Å²) in [7, 11) is 0. The van der Waals surface area contributed by atoms with Crippen LogP contribution in [0.5, 0.6) is 0 Å². The number of fused-ring (bicyclic) bond motifs is 5. The fraction of sp³-hybridized carbons (Fsp3) is 0.611. The third kappa shape index (κ3) is 1.57. The molecule has 0 saturated heterocycles. The number of carbonyl (C=O) groups is 1. The highest BCUT2D eigenvalue weighted by atomic mass is 16.3. The molecule has 1 aromatic carbocycles. The second-order valence-corrected chi connectivity index (χ2v) is 7.14. The van der Waals surface area contributed by atoms with Gasteiger partial charge in [0.1, 0.15) is 5.78 Å². The predicted octanol–water partition coefficient (Wildman–Crippen LogP) is 2.94. The average Bonchev–Trinajstić information content (AvgIpc) is 2.74. The van der Waals surface area contributed by atoms with Gasteiger partial charge in [-0.25, -0.2) is 0 Å². The van der Waals surface area contributed by atoms with E-state index in [1.54, 1.807) is 0 Å². The standard InChI is InChI=1S/C18H22O2/c1-18-9-8-14-13-5-3-12(19)10-11(13)2-4-15(14)16(18)6-7-17(18)20/h2,4,16-17,20H,3,5-10H2,1H3/t16?,17-,18?/m0/s1. The van der Waals surface area contributed by atoms with Crippen LogP contribution >= 0.6 is 0 Å². The molecule has 0 bridgehead atoms. The molecule has 3 aliphatic rings. The lowest BCUT2D eigenvalue weighted by Gasteiger charge is -2.41. The van der Waals surface area contributed by atoms with Crippen LogP contribution in [0.3, 0.4) is 0 Å². The molecule has 20 heavy (non-hydrogen) atoms. The van der Waals surface area contributed by atoms with Gasteiger partial charge in [0, 0.05) is 18.3 Å². The first-order valence-electron chi connectivity index (χ1n) is 7.93. The quantitative estimate of drug-likeness (QED) is 0.787. The Balaban J connectivity index is 1.82. The normalized spacial score (nSPS) is 35.4. The number of hydrogen-bond acceptors (Lipinski definition) is 2. The Kier molecular flexibility index (Phi) is 2.62. The molecule has 0 aromatic heterocycles. The van der Waals surface area contributed by atoms with E-state index in [9.17, 15) is 9.90 Å². The molecule has 3 atom stereocenters. The van der Waals surface area contributed by atoms with Crippen LogP contribution in [-0.2, 0) is 24.1 Å². The molecule has 3 aliphatic carbocycles. The highest BCUT2D eigenvalue weighted by molar-refractivity contribution is 5.83. The van der Waals surface area contributed by atoms with E-state index in [1.165, 1.54) is 22.3 Å². The van der Waals surface area contributed by atoms with Crippen LogP contribution in [0.25, 0.3) is 0 Å². The van der Waals surface area contributed by atoms with Crippen molar-refractivity contribution < 1.29 is 9.90 Å². The molecule has 2 unspecified atom stereocenters. The minimum absolute atomic E-state index is 0.0751. The summed E-state index contributed by atoms with van der Waals surface area (Å²) >= 11 is 0. The van der Waals surface area contributed by atoms with Gasteiger partial charge in [-0.05, 0) is 60.3 Å². The van der Waals surface area contributed by atoms with E-state index in [4.69, 9.17) is 0 Å². The molecule has 0 aliphatic heterocycles. The Hall–Kier alpha value is -1.15. The fourth-order valence-corrected chi connectivity index (χ4v) is 4.89. The van der Waals surface area contributed by atoms with E-state index in [-0.39, 0.29) is 11.5 Å². The number of rotatable bonds is 0. The second kappa shape index (κ2) is 4.17. The topological polar surface area (TPSA) is 37.3 Å². The summed E-state index contributed by atoms with van der Waals surface area (Å²) in [4.78, 5) is 11.6. The van der Waals surface area contributed by atoms with Gasteiger partial charge in [0.2, 0.25) is 0 Å². The van der Waals surface area contributed by atoms with Gasteiger partial charge in [0.25, 0.3) is 0 Å². The van der Waals surface area contributed by atoms with Crippen molar-refractivity contribution in [3.63, 3.8) is 0 Å². The molecule has 2 heteroatoms. The van der Waals surface area contributed by atoms with E-state index >= 15 is 0 Å². The van der Waals surface area contributed by atoms with E-state index < -0.39 is 0 Å². The maximum absolute atomic E-state index is 11.6. The first kappa shape index (κ1) is 12.6. The van der Waals surface area contributed by atoms with Crippen molar-refractivity contribution in [2.45, 2.75) is 63.9 Å². The number of Topliss-reactive ketones (excluding diaryl/α,β-unsaturated/α-hetero) is 1. The molecule has 0 radical (unpaired) electrons. The third-order valence-electron chi connectivity index (χ3n) is 6.18. The monoisotopic (exact) mass is 270 g/mol. The molecular weight excluding hydrogens is 248 g/mol. The molecule has 2 nitrogen and oxygen atoms in total. The van der Waals surface area contributed by atoms with Crippen molar-refractivity contribution in [3.05, 3.63) is 34.4 Å². The molecule has 0 amide bonds. The minimum Gasteiger partial charge on any atom is -0.393 e. The molecule has 106 valence electrons.